The molecule has 0 saturated carbocycles. The van der Waals surface area contributed by atoms with E-state index in [1.165, 1.54) is 4.68 Å². The Morgan fingerprint density at radius 1 is 1.53 bits per heavy atom. The first kappa shape index (κ1) is 11.6. The molecule has 2 N–H and O–H groups in total. The highest BCUT2D eigenvalue weighted by atomic mass is 16.5. The Morgan fingerprint density at radius 3 is 2.80 bits per heavy atom. The molecular formula is C8H13N3O4. The monoisotopic (exact) mass is 215 g/mol. The second-order valence-electron chi connectivity index (χ2n) is 2.89. The molecule has 1 aromatic heterocycles. The quantitative estimate of drug-likeness (QED) is 0.608. The van der Waals surface area contributed by atoms with Gasteiger partial charge in [-0.05, 0) is 6.92 Å². The second kappa shape index (κ2) is 5.42. The van der Waals surface area contributed by atoms with Crippen molar-refractivity contribution in [3.05, 3.63) is 11.4 Å². The zero-order valence-corrected chi connectivity index (χ0v) is 8.38. The smallest absolute Gasteiger partial charge is 0.358 e. The van der Waals surface area contributed by atoms with Crippen molar-refractivity contribution in [2.75, 3.05) is 19.8 Å². The maximum Gasteiger partial charge on any atom is 0.358 e. The molecule has 0 radical (unpaired) electrons. The first-order chi connectivity index (χ1) is 7.16. The van der Waals surface area contributed by atoms with Crippen LogP contribution in [-0.4, -0.2) is 51.0 Å². The number of aromatic nitrogens is 3. The number of rotatable bonds is 6. The third-order valence-corrected chi connectivity index (χ3v) is 1.87. The number of carbonyl (C=O) groups is 1. The van der Waals surface area contributed by atoms with Gasteiger partial charge in [0.2, 0.25) is 0 Å². The highest BCUT2D eigenvalue weighted by molar-refractivity contribution is 5.86. The zero-order valence-electron chi connectivity index (χ0n) is 8.38. The van der Waals surface area contributed by atoms with Crippen molar-refractivity contribution in [3.8, 4) is 0 Å². The number of aliphatic hydroxyl groups excluding tert-OH is 1. The predicted octanol–water partition coefficient (Wildman–Crippen LogP) is -0.706. The lowest BCUT2D eigenvalue weighted by Gasteiger charge is -2.03. The molecule has 0 aliphatic rings. The summed E-state index contributed by atoms with van der Waals surface area (Å²) in [7, 11) is 0. The largest absolute Gasteiger partial charge is 0.476 e. The molecule has 0 amide bonds. The van der Waals surface area contributed by atoms with Crippen molar-refractivity contribution in [1.82, 2.24) is 15.0 Å². The molecule has 7 heteroatoms. The van der Waals surface area contributed by atoms with E-state index in [1.807, 2.05) is 0 Å². The van der Waals surface area contributed by atoms with Gasteiger partial charge >= 0.3 is 5.97 Å². The molecule has 0 saturated heterocycles. The lowest BCUT2D eigenvalue weighted by molar-refractivity contribution is 0.0689. The first-order valence-electron chi connectivity index (χ1n) is 4.48. The van der Waals surface area contributed by atoms with Crippen LogP contribution in [0.3, 0.4) is 0 Å². The van der Waals surface area contributed by atoms with Crippen molar-refractivity contribution in [3.63, 3.8) is 0 Å². The van der Waals surface area contributed by atoms with E-state index >= 15 is 0 Å². The molecule has 0 aromatic carbocycles. The Morgan fingerprint density at radius 2 is 2.27 bits per heavy atom. The van der Waals surface area contributed by atoms with Crippen LogP contribution in [0.4, 0.5) is 0 Å². The normalized spacial score (nSPS) is 10.5. The number of aliphatic hydroxyl groups is 1. The Bertz CT molecular complexity index is 337. The van der Waals surface area contributed by atoms with Gasteiger partial charge in [0.05, 0.1) is 32.1 Å². The fourth-order valence-corrected chi connectivity index (χ4v) is 1.09. The standard InChI is InChI=1S/C8H13N3O4/c1-6-7(8(13)14)9-10-11(6)2-4-15-5-3-12/h12H,2-5H2,1H3,(H,13,14). The topological polar surface area (TPSA) is 97.5 Å². The van der Waals surface area contributed by atoms with E-state index in [1.54, 1.807) is 6.92 Å². The summed E-state index contributed by atoms with van der Waals surface area (Å²) in [6.45, 7) is 2.65. The second-order valence-corrected chi connectivity index (χ2v) is 2.89. The lowest BCUT2D eigenvalue weighted by atomic mass is 10.3. The van der Waals surface area contributed by atoms with E-state index in [9.17, 15) is 4.79 Å². The summed E-state index contributed by atoms with van der Waals surface area (Å²) in [6, 6.07) is 0. The number of ether oxygens (including phenoxy) is 1. The van der Waals surface area contributed by atoms with Crippen LogP contribution in [0.5, 0.6) is 0 Å². The van der Waals surface area contributed by atoms with E-state index in [4.69, 9.17) is 14.9 Å². The molecule has 0 atom stereocenters. The summed E-state index contributed by atoms with van der Waals surface area (Å²) in [5.74, 6) is -1.09. The summed E-state index contributed by atoms with van der Waals surface area (Å²) in [5, 5.41) is 24.4. The molecule has 0 bridgehead atoms. The molecule has 0 unspecified atom stereocenters. The van der Waals surface area contributed by atoms with E-state index in [-0.39, 0.29) is 18.9 Å². The lowest BCUT2D eigenvalue weighted by Crippen LogP contribution is -2.11. The molecule has 7 nitrogen and oxygen atoms in total. The maximum absolute atomic E-state index is 10.6. The fraction of sp³-hybridized carbons (Fsp3) is 0.625. The molecule has 0 aliphatic heterocycles. The molecule has 1 heterocycles. The van der Waals surface area contributed by atoms with E-state index in [0.29, 0.717) is 18.8 Å². The van der Waals surface area contributed by atoms with Crippen LogP contribution < -0.4 is 0 Å². The summed E-state index contributed by atoms with van der Waals surface area (Å²) in [6.07, 6.45) is 0. The van der Waals surface area contributed by atoms with Crippen molar-refractivity contribution in [2.24, 2.45) is 0 Å². The number of carboxylic acid groups (broad SMARTS) is 1. The van der Waals surface area contributed by atoms with Crippen LogP contribution >= 0.6 is 0 Å². The summed E-state index contributed by atoms with van der Waals surface area (Å²) in [4.78, 5) is 10.6. The molecule has 1 rings (SSSR count). The zero-order chi connectivity index (χ0) is 11.3. The molecule has 0 aliphatic carbocycles. The Labute approximate surface area is 86.3 Å². The Kier molecular flexibility index (Phi) is 4.19. The van der Waals surface area contributed by atoms with Crippen LogP contribution in [-0.2, 0) is 11.3 Å². The van der Waals surface area contributed by atoms with Crippen LogP contribution in [0.25, 0.3) is 0 Å². The molecule has 1 aromatic rings. The summed E-state index contributed by atoms with van der Waals surface area (Å²) in [5.41, 5.74) is 0.451. The SMILES string of the molecule is Cc1c(C(=O)O)nnn1CCOCCO. The molecule has 15 heavy (non-hydrogen) atoms. The van der Waals surface area contributed by atoms with Gasteiger partial charge in [-0.1, -0.05) is 5.21 Å². The van der Waals surface area contributed by atoms with E-state index in [2.05, 4.69) is 10.3 Å². The van der Waals surface area contributed by atoms with Gasteiger partial charge in [-0.15, -0.1) is 5.10 Å². The van der Waals surface area contributed by atoms with Crippen molar-refractivity contribution < 1.29 is 19.7 Å². The van der Waals surface area contributed by atoms with Crippen LogP contribution in [0.1, 0.15) is 16.2 Å². The predicted molar refractivity (Wildman–Crippen MR) is 49.6 cm³/mol. The Hall–Kier alpha value is -1.47. The highest BCUT2D eigenvalue weighted by Gasteiger charge is 2.14. The molecular weight excluding hydrogens is 202 g/mol. The summed E-state index contributed by atoms with van der Waals surface area (Å²) < 4.78 is 6.48. The first-order valence-corrected chi connectivity index (χ1v) is 4.48. The third-order valence-electron chi connectivity index (χ3n) is 1.87. The highest BCUT2D eigenvalue weighted by Crippen LogP contribution is 2.02. The maximum atomic E-state index is 10.6. The van der Waals surface area contributed by atoms with Crippen LogP contribution in [0, 0.1) is 6.92 Å². The van der Waals surface area contributed by atoms with Crippen LogP contribution in [0.2, 0.25) is 0 Å². The average Bonchev–Trinajstić information content (AvgIpc) is 2.55. The van der Waals surface area contributed by atoms with Gasteiger partial charge in [0.25, 0.3) is 0 Å². The fourth-order valence-electron chi connectivity index (χ4n) is 1.09. The number of hydrogen-bond donors (Lipinski definition) is 2. The van der Waals surface area contributed by atoms with Gasteiger partial charge in [-0.3, -0.25) is 0 Å². The number of hydrogen-bond acceptors (Lipinski definition) is 5. The number of nitrogens with zero attached hydrogens (tertiary/aromatic N) is 3. The minimum Gasteiger partial charge on any atom is -0.476 e. The average molecular weight is 215 g/mol. The number of aromatic carboxylic acids is 1. The minimum atomic E-state index is -1.09. The van der Waals surface area contributed by atoms with Gasteiger partial charge in [-0.2, -0.15) is 0 Å². The Balaban J connectivity index is 2.51. The van der Waals surface area contributed by atoms with Gasteiger partial charge in [0, 0.05) is 0 Å². The minimum absolute atomic E-state index is 0.0310. The summed E-state index contributed by atoms with van der Waals surface area (Å²) >= 11 is 0. The van der Waals surface area contributed by atoms with Crippen molar-refractivity contribution in [2.45, 2.75) is 13.5 Å². The molecule has 0 spiro atoms. The van der Waals surface area contributed by atoms with Gasteiger partial charge in [0.15, 0.2) is 5.69 Å². The van der Waals surface area contributed by atoms with E-state index < -0.39 is 5.97 Å². The van der Waals surface area contributed by atoms with Gasteiger partial charge in [-0.25, -0.2) is 9.48 Å². The molecule has 0 fully saturated rings. The van der Waals surface area contributed by atoms with Crippen molar-refractivity contribution >= 4 is 5.97 Å². The van der Waals surface area contributed by atoms with Gasteiger partial charge < -0.3 is 14.9 Å². The van der Waals surface area contributed by atoms with Gasteiger partial charge in [0.1, 0.15) is 0 Å². The number of carboxylic acids is 1. The third kappa shape index (κ3) is 3.00. The van der Waals surface area contributed by atoms with Crippen LogP contribution in [0.15, 0.2) is 0 Å². The molecule has 84 valence electrons. The van der Waals surface area contributed by atoms with Crippen molar-refractivity contribution in [1.29, 1.82) is 0 Å². The van der Waals surface area contributed by atoms with E-state index in [0.717, 1.165) is 0 Å².